The molecule has 6 nitrogen and oxygen atoms in total. The van der Waals surface area contributed by atoms with Crippen LogP contribution in [0, 0.1) is 5.82 Å². The van der Waals surface area contributed by atoms with Crippen molar-refractivity contribution in [1.82, 2.24) is 4.90 Å². The van der Waals surface area contributed by atoms with Gasteiger partial charge in [-0.2, -0.15) is 0 Å². The molecule has 0 aliphatic carbocycles. The van der Waals surface area contributed by atoms with Crippen LogP contribution in [-0.2, 0) is 29.1 Å². The van der Waals surface area contributed by atoms with Gasteiger partial charge in [0.25, 0.3) is 5.91 Å². The number of carbonyl (C=O) groups is 2. The summed E-state index contributed by atoms with van der Waals surface area (Å²) in [5.74, 6) is -0.415. The Hall–Kier alpha value is -3.13. The van der Waals surface area contributed by atoms with Gasteiger partial charge >= 0.3 is 5.97 Å². The van der Waals surface area contributed by atoms with E-state index in [0.29, 0.717) is 24.6 Å². The molecule has 0 saturated carbocycles. The van der Waals surface area contributed by atoms with Crippen molar-refractivity contribution in [3.05, 3.63) is 75.6 Å². The van der Waals surface area contributed by atoms with Gasteiger partial charge < -0.3 is 18.8 Å². The largest absolute Gasteiger partial charge is 0.486 e. The summed E-state index contributed by atoms with van der Waals surface area (Å²) >= 11 is 1.70. The molecule has 2 aromatic heterocycles. The average Bonchev–Trinajstić information content (AvgIpc) is 3.41. The van der Waals surface area contributed by atoms with E-state index in [0.717, 1.165) is 12.0 Å². The second-order valence-corrected chi connectivity index (χ2v) is 7.94. The van der Waals surface area contributed by atoms with Crippen LogP contribution < -0.4 is 4.74 Å². The van der Waals surface area contributed by atoms with Crippen LogP contribution in [0.5, 0.6) is 5.75 Å². The minimum atomic E-state index is -0.915. The van der Waals surface area contributed by atoms with E-state index in [-0.39, 0.29) is 24.1 Å². The Morgan fingerprint density at radius 2 is 2.00 bits per heavy atom. The lowest BCUT2D eigenvalue weighted by molar-refractivity contribution is -0.140. The molecule has 1 amide bonds. The van der Waals surface area contributed by atoms with Crippen LogP contribution in [0.1, 0.15) is 33.7 Å². The number of carbonyl (C=O) groups excluding carboxylic acids is 2. The molecule has 0 radical (unpaired) electrons. The van der Waals surface area contributed by atoms with E-state index in [9.17, 15) is 14.0 Å². The lowest BCUT2D eigenvalue weighted by Crippen LogP contribution is -2.42. The van der Waals surface area contributed by atoms with Crippen molar-refractivity contribution in [1.29, 1.82) is 0 Å². The summed E-state index contributed by atoms with van der Waals surface area (Å²) in [7, 11) is 0. The summed E-state index contributed by atoms with van der Waals surface area (Å²) in [6.07, 6.45) is -0.101. The summed E-state index contributed by atoms with van der Waals surface area (Å²) < 4.78 is 29.2. The molecule has 0 N–H and O–H groups in total. The first-order valence-corrected chi connectivity index (χ1v) is 10.4. The van der Waals surface area contributed by atoms with Gasteiger partial charge in [-0.05, 0) is 66.8 Å². The monoisotopic (exact) mass is 429 g/mol. The van der Waals surface area contributed by atoms with Gasteiger partial charge in [0.15, 0.2) is 6.10 Å². The predicted molar refractivity (Wildman–Crippen MR) is 108 cm³/mol. The molecule has 1 unspecified atom stereocenters. The van der Waals surface area contributed by atoms with Gasteiger partial charge in [0, 0.05) is 18.0 Å². The van der Waals surface area contributed by atoms with Gasteiger partial charge in [-0.15, -0.1) is 11.3 Å². The molecule has 30 heavy (non-hydrogen) atoms. The first-order valence-electron chi connectivity index (χ1n) is 9.51. The number of ether oxygens (including phenoxy) is 2. The Bertz CT molecular complexity index is 1040. The molecule has 0 fully saturated rings. The normalized spacial score (nSPS) is 14.1. The highest BCUT2D eigenvalue weighted by Crippen LogP contribution is 2.25. The minimum Gasteiger partial charge on any atom is -0.486 e. The van der Waals surface area contributed by atoms with Crippen molar-refractivity contribution in [3.63, 3.8) is 0 Å². The number of furan rings is 1. The highest BCUT2D eigenvalue weighted by Gasteiger charge is 2.28. The smallest absolute Gasteiger partial charge is 0.375 e. The predicted octanol–water partition coefficient (Wildman–Crippen LogP) is 4.19. The van der Waals surface area contributed by atoms with Crippen LogP contribution in [-0.4, -0.2) is 29.4 Å². The molecule has 0 bridgehead atoms. The highest BCUT2D eigenvalue weighted by atomic mass is 32.1. The van der Waals surface area contributed by atoms with Gasteiger partial charge in [0.2, 0.25) is 5.76 Å². The van der Waals surface area contributed by atoms with Gasteiger partial charge in [-0.3, -0.25) is 4.79 Å². The quantitative estimate of drug-likeness (QED) is 0.550. The van der Waals surface area contributed by atoms with Crippen molar-refractivity contribution in [2.24, 2.45) is 0 Å². The van der Waals surface area contributed by atoms with E-state index in [4.69, 9.17) is 13.9 Å². The number of rotatable bonds is 6. The molecule has 1 aliphatic rings. The topological polar surface area (TPSA) is 69.0 Å². The van der Waals surface area contributed by atoms with E-state index in [1.54, 1.807) is 29.2 Å². The summed E-state index contributed by atoms with van der Waals surface area (Å²) in [6, 6.07) is 10.7. The van der Waals surface area contributed by atoms with Crippen molar-refractivity contribution >= 4 is 23.2 Å². The van der Waals surface area contributed by atoms with Crippen LogP contribution in [0.25, 0.3) is 0 Å². The average molecular weight is 429 g/mol. The number of fused-ring (bicyclic) bond motifs is 1. The summed E-state index contributed by atoms with van der Waals surface area (Å²) in [6.45, 7) is 2.78. The third-order valence-electron chi connectivity index (χ3n) is 4.81. The van der Waals surface area contributed by atoms with E-state index in [2.05, 4.69) is 0 Å². The molecule has 0 spiro atoms. The molecule has 0 saturated heterocycles. The van der Waals surface area contributed by atoms with E-state index in [1.165, 1.54) is 35.2 Å². The minimum absolute atomic E-state index is 0.00822. The molecule has 8 heteroatoms. The highest BCUT2D eigenvalue weighted by molar-refractivity contribution is 7.10. The lowest BCUT2D eigenvalue weighted by atomic mass is 10.1. The fraction of sp³-hybridized carbons (Fsp3) is 0.273. The van der Waals surface area contributed by atoms with Crippen molar-refractivity contribution in [3.8, 4) is 5.75 Å². The molecular formula is C22H20FNO5S. The Morgan fingerprint density at radius 1 is 1.20 bits per heavy atom. The van der Waals surface area contributed by atoms with Gasteiger partial charge in [0.05, 0.1) is 0 Å². The molecule has 156 valence electrons. The zero-order valence-corrected chi connectivity index (χ0v) is 17.1. The fourth-order valence-electron chi connectivity index (χ4n) is 3.21. The van der Waals surface area contributed by atoms with Crippen molar-refractivity contribution < 1.29 is 27.9 Å². The van der Waals surface area contributed by atoms with E-state index in [1.807, 2.05) is 11.4 Å². The number of halogens is 1. The Morgan fingerprint density at radius 3 is 2.80 bits per heavy atom. The molecule has 4 rings (SSSR count). The third kappa shape index (κ3) is 4.54. The van der Waals surface area contributed by atoms with Gasteiger partial charge in [-0.1, -0.05) is 0 Å². The fourth-order valence-corrected chi connectivity index (χ4v) is 4.10. The number of thiophene rings is 1. The molecule has 3 heterocycles. The van der Waals surface area contributed by atoms with Crippen LogP contribution in [0.3, 0.4) is 0 Å². The number of hydrogen-bond acceptors (Lipinski definition) is 6. The van der Waals surface area contributed by atoms with Crippen LogP contribution in [0.15, 0.2) is 52.3 Å². The van der Waals surface area contributed by atoms with Crippen LogP contribution >= 0.6 is 11.3 Å². The third-order valence-corrected chi connectivity index (χ3v) is 5.83. The number of amides is 1. The van der Waals surface area contributed by atoms with Crippen LogP contribution in [0.2, 0.25) is 0 Å². The molecule has 1 aliphatic heterocycles. The summed E-state index contributed by atoms with van der Waals surface area (Å²) in [5.41, 5.74) is 1.15. The van der Waals surface area contributed by atoms with E-state index >= 15 is 0 Å². The Balaban J connectivity index is 1.30. The molecule has 1 atom stereocenters. The Labute approximate surface area is 176 Å². The first kappa shape index (κ1) is 20.2. The van der Waals surface area contributed by atoms with Gasteiger partial charge in [-0.25, -0.2) is 9.18 Å². The maximum Gasteiger partial charge on any atom is 0.375 e. The van der Waals surface area contributed by atoms with E-state index < -0.39 is 12.1 Å². The maximum atomic E-state index is 12.9. The van der Waals surface area contributed by atoms with Crippen molar-refractivity contribution in [2.75, 3.05) is 6.54 Å². The maximum absolute atomic E-state index is 12.9. The molecule has 1 aromatic carbocycles. The first-order chi connectivity index (χ1) is 14.5. The number of benzene rings is 1. The number of esters is 1. The van der Waals surface area contributed by atoms with Crippen LogP contribution in [0.4, 0.5) is 4.39 Å². The number of nitrogens with zero attached hydrogens (tertiary/aromatic N) is 1. The second kappa shape index (κ2) is 8.71. The van der Waals surface area contributed by atoms with Crippen molar-refractivity contribution in [2.45, 2.75) is 32.6 Å². The number of hydrogen-bond donors (Lipinski definition) is 0. The SMILES string of the molecule is CC(OC(=O)c1ccc(COc2ccc(F)cc2)o1)C(=O)N1CCc2sccc2C1. The molecular weight excluding hydrogens is 409 g/mol. The zero-order valence-electron chi connectivity index (χ0n) is 16.3. The Kier molecular flexibility index (Phi) is 5.85. The van der Waals surface area contributed by atoms with Gasteiger partial charge in [0.1, 0.15) is 23.9 Å². The second-order valence-electron chi connectivity index (χ2n) is 6.93. The lowest BCUT2D eigenvalue weighted by Gasteiger charge is -2.29. The molecule has 3 aromatic rings. The zero-order chi connectivity index (χ0) is 21.1. The summed E-state index contributed by atoms with van der Waals surface area (Å²) in [5, 5.41) is 2.02. The summed E-state index contributed by atoms with van der Waals surface area (Å²) in [4.78, 5) is 28.0. The standard InChI is InChI=1S/C22H20FNO5S/c1-14(21(25)24-10-8-20-15(12-24)9-11-30-20)28-22(26)19-7-6-18(29-19)13-27-17-4-2-16(23)3-5-17/h2-7,9,11,14H,8,10,12-13H2,1H3.